The zero-order valence-electron chi connectivity index (χ0n) is 19.2. The number of phenols is 1. The summed E-state index contributed by atoms with van der Waals surface area (Å²) in [6, 6.07) is 20.7. The first kappa shape index (κ1) is 22.4. The molecule has 34 heavy (non-hydrogen) atoms. The van der Waals surface area contributed by atoms with E-state index in [1.165, 1.54) is 11.1 Å². The molecule has 4 aromatic rings. The van der Waals surface area contributed by atoms with Crippen molar-refractivity contribution >= 4 is 34.6 Å². The Morgan fingerprint density at radius 2 is 1.71 bits per heavy atom. The van der Waals surface area contributed by atoms with Crippen molar-refractivity contribution in [2.75, 3.05) is 4.90 Å². The zero-order valence-corrected chi connectivity index (χ0v) is 20.7. The van der Waals surface area contributed by atoms with Gasteiger partial charge in [-0.05, 0) is 93.1 Å². The number of thiocarbonyl (C=S) groups is 1. The van der Waals surface area contributed by atoms with Crippen LogP contribution in [0.3, 0.4) is 0 Å². The van der Waals surface area contributed by atoms with Crippen LogP contribution < -0.4 is 10.2 Å². The highest BCUT2D eigenvalue weighted by atomic mass is 35.5. The standard InChI is InChI=1S/C27H25ClN4OS/c1-16-17(2)31(21-8-6-7-19(28)15-21)18(3)24(16)26-25(23-9-4-5-14-29-23)30-27(34)32(26)20-10-12-22(33)13-11-20/h4-15,25-26,33H,1-3H3,(H,30,34)/t25-,26-/m0/s1. The van der Waals surface area contributed by atoms with Crippen LogP contribution in [-0.4, -0.2) is 19.8 Å². The van der Waals surface area contributed by atoms with E-state index in [9.17, 15) is 5.11 Å². The number of phenolic OH excluding ortho intramolecular Hbond substituents is 1. The second kappa shape index (κ2) is 8.78. The molecule has 0 bridgehead atoms. The van der Waals surface area contributed by atoms with Gasteiger partial charge in [0.1, 0.15) is 5.75 Å². The molecule has 0 aliphatic carbocycles. The number of nitrogens with zero attached hydrogens (tertiary/aromatic N) is 3. The summed E-state index contributed by atoms with van der Waals surface area (Å²) in [6.07, 6.45) is 1.81. The van der Waals surface area contributed by atoms with Crippen molar-refractivity contribution in [3.8, 4) is 11.4 Å². The highest BCUT2D eigenvalue weighted by Crippen LogP contribution is 2.45. The van der Waals surface area contributed by atoms with Gasteiger partial charge in [0.25, 0.3) is 0 Å². The molecule has 1 aliphatic heterocycles. The van der Waals surface area contributed by atoms with Gasteiger partial charge in [0.15, 0.2) is 5.11 Å². The molecule has 0 radical (unpaired) electrons. The molecule has 1 aliphatic rings. The van der Waals surface area contributed by atoms with E-state index in [1.54, 1.807) is 12.1 Å². The molecule has 1 fully saturated rings. The zero-order chi connectivity index (χ0) is 24.0. The number of aromatic hydroxyl groups is 1. The van der Waals surface area contributed by atoms with Crippen LogP contribution in [-0.2, 0) is 0 Å². The number of rotatable bonds is 4. The second-order valence-corrected chi connectivity index (χ2v) is 9.36. The lowest BCUT2D eigenvalue weighted by Gasteiger charge is -2.29. The Labute approximate surface area is 209 Å². The van der Waals surface area contributed by atoms with Gasteiger partial charge in [-0.1, -0.05) is 23.7 Å². The van der Waals surface area contributed by atoms with Crippen molar-refractivity contribution in [1.29, 1.82) is 0 Å². The minimum atomic E-state index is -0.144. The minimum Gasteiger partial charge on any atom is -0.508 e. The van der Waals surface area contributed by atoms with Crippen LogP contribution in [0.1, 0.15) is 40.3 Å². The average molecular weight is 489 g/mol. The van der Waals surface area contributed by atoms with Crippen LogP contribution in [0.25, 0.3) is 5.69 Å². The predicted molar refractivity (Wildman–Crippen MR) is 141 cm³/mol. The van der Waals surface area contributed by atoms with Crippen molar-refractivity contribution in [2.45, 2.75) is 32.9 Å². The fourth-order valence-corrected chi connectivity index (χ4v) is 5.51. The first-order chi connectivity index (χ1) is 16.4. The van der Waals surface area contributed by atoms with Gasteiger partial charge in [0.05, 0.1) is 17.8 Å². The fraction of sp³-hybridized carbons (Fsp3) is 0.185. The third-order valence-corrected chi connectivity index (χ3v) is 7.15. The number of hydrogen-bond acceptors (Lipinski definition) is 3. The monoisotopic (exact) mass is 488 g/mol. The highest BCUT2D eigenvalue weighted by molar-refractivity contribution is 7.80. The number of hydrogen-bond donors (Lipinski definition) is 2. The summed E-state index contributed by atoms with van der Waals surface area (Å²) in [4.78, 5) is 6.79. The molecule has 2 N–H and O–H groups in total. The molecule has 7 heteroatoms. The third-order valence-electron chi connectivity index (χ3n) is 6.60. The summed E-state index contributed by atoms with van der Waals surface area (Å²) >= 11 is 12.2. The molecule has 5 nitrogen and oxygen atoms in total. The van der Waals surface area contributed by atoms with Crippen LogP contribution in [0.4, 0.5) is 5.69 Å². The topological polar surface area (TPSA) is 53.3 Å². The summed E-state index contributed by atoms with van der Waals surface area (Å²) in [7, 11) is 0. The van der Waals surface area contributed by atoms with Gasteiger partial charge in [-0.2, -0.15) is 0 Å². The summed E-state index contributed by atoms with van der Waals surface area (Å²) in [6.45, 7) is 6.43. The molecule has 2 aromatic heterocycles. The van der Waals surface area contributed by atoms with Crippen molar-refractivity contribution < 1.29 is 5.11 Å². The molecule has 0 unspecified atom stereocenters. The van der Waals surface area contributed by atoms with Crippen LogP contribution in [0.2, 0.25) is 5.02 Å². The maximum absolute atomic E-state index is 9.86. The van der Waals surface area contributed by atoms with Crippen LogP contribution in [0.5, 0.6) is 5.75 Å². The third kappa shape index (κ3) is 3.73. The van der Waals surface area contributed by atoms with Crippen molar-refractivity contribution in [3.05, 3.63) is 106 Å². The molecule has 0 spiro atoms. The lowest BCUT2D eigenvalue weighted by Crippen LogP contribution is -2.29. The van der Waals surface area contributed by atoms with E-state index in [-0.39, 0.29) is 17.8 Å². The Morgan fingerprint density at radius 3 is 2.38 bits per heavy atom. The smallest absolute Gasteiger partial charge is 0.174 e. The van der Waals surface area contributed by atoms with Crippen LogP contribution in [0.15, 0.2) is 72.9 Å². The normalized spacial score (nSPS) is 17.8. The van der Waals surface area contributed by atoms with Gasteiger partial charge in [-0.15, -0.1) is 0 Å². The maximum Gasteiger partial charge on any atom is 0.174 e. The van der Waals surface area contributed by atoms with E-state index in [2.05, 4.69) is 46.6 Å². The van der Waals surface area contributed by atoms with E-state index < -0.39 is 0 Å². The molecular formula is C27H25ClN4OS. The second-order valence-electron chi connectivity index (χ2n) is 8.54. The highest BCUT2D eigenvalue weighted by Gasteiger charge is 2.43. The minimum absolute atomic E-state index is 0.133. The first-order valence-corrected chi connectivity index (χ1v) is 11.9. The van der Waals surface area contributed by atoms with Gasteiger partial charge in [-0.25, -0.2) is 0 Å². The lowest BCUT2D eigenvalue weighted by molar-refractivity contribution is 0.475. The predicted octanol–water partition coefficient (Wildman–Crippen LogP) is 6.33. The van der Waals surface area contributed by atoms with Gasteiger partial charge in [0, 0.05) is 39.5 Å². The number of nitrogens with one attached hydrogen (secondary N) is 1. The van der Waals surface area contributed by atoms with Gasteiger partial charge >= 0.3 is 0 Å². The lowest BCUT2D eigenvalue weighted by atomic mass is 9.93. The summed E-state index contributed by atoms with van der Waals surface area (Å²) in [5.41, 5.74) is 7.51. The number of aromatic nitrogens is 2. The maximum atomic E-state index is 9.86. The Balaban J connectivity index is 1.73. The van der Waals surface area contributed by atoms with E-state index in [4.69, 9.17) is 23.8 Å². The van der Waals surface area contributed by atoms with Gasteiger partial charge in [0.2, 0.25) is 0 Å². The van der Waals surface area contributed by atoms with E-state index in [0.717, 1.165) is 28.5 Å². The van der Waals surface area contributed by atoms with Crippen molar-refractivity contribution in [2.24, 2.45) is 0 Å². The summed E-state index contributed by atoms with van der Waals surface area (Å²) in [5, 5.41) is 14.7. The quantitative estimate of drug-likeness (QED) is 0.328. The molecule has 172 valence electrons. The Morgan fingerprint density at radius 1 is 0.941 bits per heavy atom. The number of benzene rings is 2. The molecule has 0 saturated carbocycles. The molecule has 2 aromatic carbocycles. The van der Waals surface area contributed by atoms with Crippen molar-refractivity contribution in [1.82, 2.24) is 14.9 Å². The first-order valence-electron chi connectivity index (χ1n) is 11.1. The average Bonchev–Trinajstić information content (AvgIpc) is 3.27. The number of halogens is 1. The molecule has 1 saturated heterocycles. The fourth-order valence-electron chi connectivity index (χ4n) is 4.98. The SMILES string of the molecule is Cc1c([C@H]2[C@H](c3ccccn3)NC(=S)N2c2ccc(O)cc2)c(C)n(-c2cccc(Cl)c2)c1C. The number of pyridine rings is 1. The van der Waals surface area contributed by atoms with E-state index in [0.29, 0.717) is 10.1 Å². The van der Waals surface area contributed by atoms with E-state index in [1.807, 2.05) is 54.7 Å². The van der Waals surface area contributed by atoms with Gasteiger partial charge in [-0.3, -0.25) is 4.98 Å². The summed E-state index contributed by atoms with van der Waals surface area (Å²) < 4.78 is 2.25. The van der Waals surface area contributed by atoms with Crippen LogP contribution >= 0.6 is 23.8 Å². The molecule has 3 heterocycles. The largest absolute Gasteiger partial charge is 0.508 e. The molecule has 2 atom stereocenters. The Bertz CT molecular complexity index is 1370. The molecule has 5 rings (SSSR count). The molecule has 0 amide bonds. The Hall–Kier alpha value is -3.35. The Kier molecular flexibility index (Phi) is 5.80. The summed E-state index contributed by atoms with van der Waals surface area (Å²) in [5.74, 6) is 0.218. The number of anilines is 1. The van der Waals surface area contributed by atoms with E-state index >= 15 is 0 Å². The van der Waals surface area contributed by atoms with Crippen molar-refractivity contribution in [3.63, 3.8) is 0 Å². The van der Waals surface area contributed by atoms with Gasteiger partial charge < -0.3 is 19.9 Å². The molecular weight excluding hydrogens is 464 g/mol. The van der Waals surface area contributed by atoms with Crippen LogP contribution in [0, 0.1) is 20.8 Å².